The summed E-state index contributed by atoms with van der Waals surface area (Å²) in [4.78, 5) is 24.2. The van der Waals surface area contributed by atoms with Gasteiger partial charge in [-0.2, -0.15) is 13.2 Å². The van der Waals surface area contributed by atoms with Gasteiger partial charge in [0.25, 0.3) is 5.91 Å². The topological polar surface area (TPSA) is 81.9 Å². The molecular formula is C21H16F3N5O2. The van der Waals surface area contributed by atoms with Crippen LogP contribution in [0.3, 0.4) is 0 Å². The molecule has 0 aliphatic heterocycles. The number of carbonyl (C=O) groups excluding carboxylic acids is 1. The van der Waals surface area contributed by atoms with E-state index in [1.54, 1.807) is 18.2 Å². The molecule has 0 aliphatic carbocycles. The first kappa shape index (κ1) is 20.3. The van der Waals surface area contributed by atoms with E-state index in [0.717, 1.165) is 16.3 Å². The van der Waals surface area contributed by atoms with Crippen molar-refractivity contribution in [3.05, 3.63) is 71.8 Å². The summed E-state index contributed by atoms with van der Waals surface area (Å²) in [5, 5.41) is 2.58. The number of fused-ring (bicyclic) bond motifs is 1. The van der Waals surface area contributed by atoms with E-state index in [2.05, 4.69) is 20.3 Å². The maximum Gasteiger partial charge on any atom is 0.450 e. The van der Waals surface area contributed by atoms with Gasteiger partial charge in [-0.3, -0.25) is 9.36 Å². The highest BCUT2D eigenvalue weighted by Gasteiger charge is 2.38. The van der Waals surface area contributed by atoms with Crippen molar-refractivity contribution >= 4 is 22.8 Å². The molecular weight excluding hydrogens is 411 g/mol. The molecule has 0 fully saturated rings. The van der Waals surface area contributed by atoms with Gasteiger partial charge in [0.1, 0.15) is 5.75 Å². The summed E-state index contributed by atoms with van der Waals surface area (Å²) in [6.45, 7) is 1.86. The van der Waals surface area contributed by atoms with Gasteiger partial charge >= 0.3 is 6.18 Å². The summed E-state index contributed by atoms with van der Waals surface area (Å²) in [6.07, 6.45) is -2.38. The van der Waals surface area contributed by atoms with Crippen molar-refractivity contribution in [1.29, 1.82) is 0 Å². The number of alkyl halides is 3. The van der Waals surface area contributed by atoms with Crippen LogP contribution in [0.25, 0.3) is 16.9 Å². The van der Waals surface area contributed by atoms with Crippen LogP contribution in [0.4, 0.5) is 19.0 Å². The number of aromatic nitrogens is 4. The van der Waals surface area contributed by atoms with E-state index in [1.807, 2.05) is 13.0 Å². The number of anilines is 1. The zero-order chi connectivity index (χ0) is 22.2. The largest absolute Gasteiger partial charge is 0.497 e. The SMILES string of the molecule is COc1ccc2c(c1)nc(C(F)(F)F)n2-c1cnc(NC(=O)c2cccc(C)c2)cn1. The van der Waals surface area contributed by atoms with Gasteiger partial charge in [0.15, 0.2) is 11.6 Å². The number of nitrogens with one attached hydrogen (secondary N) is 1. The van der Waals surface area contributed by atoms with E-state index >= 15 is 0 Å². The van der Waals surface area contributed by atoms with Crippen LogP contribution in [0.2, 0.25) is 0 Å². The van der Waals surface area contributed by atoms with Crippen LogP contribution in [0.15, 0.2) is 54.9 Å². The van der Waals surface area contributed by atoms with Gasteiger partial charge in [0, 0.05) is 11.6 Å². The highest BCUT2D eigenvalue weighted by atomic mass is 19.4. The first-order valence-electron chi connectivity index (χ1n) is 9.10. The average molecular weight is 427 g/mol. The Labute approximate surface area is 174 Å². The summed E-state index contributed by atoms with van der Waals surface area (Å²) >= 11 is 0. The molecule has 1 amide bonds. The number of amides is 1. The second-order valence-corrected chi connectivity index (χ2v) is 6.71. The number of nitrogens with zero attached hydrogens (tertiary/aromatic N) is 4. The van der Waals surface area contributed by atoms with Crippen molar-refractivity contribution in [3.63, 3.8) is 0 Å². The van der Waals surface area contributed by atoms with Crippen molar-refractivity contribution in [2.45, 2.75) is 13.1 Å². The van der Waals surface area contributed by atoms with Crippen molar-refractivity contribution in [1.82, 2.24) is 19.5 Å². The molecule has 2 aromatic heterocycles. The molecule has 1 N–H and O–H groups in total. The van der Waals surface area contributed by atoms with E-state index in [4.69, 9.17) is 4.74 Å². The molecule has 0 atom stereocenters. The number of hydrogen-bond acceptors (Lipinski definition) is 5. The monoisotopic (exact) mass is 427 g/mol. The molecule has 0 aliphatic rings. The number of halogens is 3. The van der Waals surface area contributed by atoms with Gasteiger partial charge in [-0.1, -0.05) is 17.7 Å². The van der Waals surface area contributed by atoms with Crippen LogP contribution in [0.1, 0.15) is 21.7 Å². The lowest BCUT2D eigenvalue weighted by molar-refractivity contribution is -0.145. The molecule has 0 unspecified atom stereocenters. The molecule has 0 radical (unpaired) electrons. The minimum atomic E-state index is -4.72. The first-order valence-corrected chi connectivity index (χ1v) is 9.10. The zero-order valence-corrected chi connectivity index (χ0v) is 16.4. The second-order valence-electron chi connectivity index (χ2n) is 6.71. The summed E-state index contributed by atoms with van der Waals surface area (Å²) in [5.41, 5.74) is 1.64. The molecule has 10 heteroatoms. The molecule has 4 aromatic rings. The molecule has 7 nitrogen and oxygen atoms in total. The third-order valence-electron chi connectivity index (χ3n) is 4.50. The van der Waals surface area contributed by atoms with Crippen LogP contribution < -0.4 is 10.1 Å². The molecule has 2 heterocycles. The number of benzene rings is 2. The molecule has 0 spiro atoms. The van der Waals surface area contributed by atoms with Crippen molar-refractivity contribution < 1.29 is 22.7 Å². The van der Waals surface area contributed by atoms with Gasteiger partial charge in [-0.05, 0) is 31.2 Å². The normalized spacial score (nSPS) is 11.5. The van der Waals surface area contributed by atoms with Gasteiger partial charge in [-0.25, -0.2) is 15.0 Å². The number of aryl methyl sites for hydroxylation is 1. The van der Waals surface area contributed by atoms with Crippen LogP contribution >= 0.6 is 0 Å². The molecule has 4 rings (SSSR count). The van der Waals surface area contributed by atoms with Gasteiger partial charge < -0.3 is 10.1 Å². The Balaban J connectivity index is 1.69. The second kappa shape index (κ2) is 7.71. The lowest BCUT2D eigenvalue weighted by atomic mass is 10.1. The Kier molecular flexibility index (Phi) is 5.05. The van der Waals surface area contributed by atoms with E-state index < -0.39 is 17.9 Å². The third kappa shape index (κ3) is 4.04. The lowest BCUT2D eigenvalue weighted by Crippen LogP contribution is -2.16. The molecule has 0 saturated carbocycles. The Morgan fingerprint density at radius 3 is 2.55 bits per heavy atom. The Bertz CT molecular complexity index is 1270. The van der Waals surface area contributed by atoms with Crippen LogP contribution in [-0.2, 0) is 6.18 Å². The van der Waals surface area contributed by atoms with E-state index in [9.17, 15) is 18.0 Å². The smallest absolute Gasteiger partial charge is 0.450 e. The van der Waals surface area contributed by atoms with Gasteiger partial charge in [0.05, 0.1) is 30.5 Å². The zero-order valence-electron chi connectivity index (χ0n) is 16.4. The Morgan fingerprint density at radius 2 is 1.90 bits per heavy atom. The highest BCUT2D eigenvalue weighted by molar-refractivity contribution is 6.03. The number of methoxy groups -OCH3 is 1. The number of rotatable bonds is 4. The van der Waals surface area contributed by atoms with Crippen molar-refractivity contribution in [2.75, 3.05) is 12.4 Å². The molecule has 31 heavy (non-hydrogen) atoms. The Morgan fingerprint density at radius 1 is 1.10 bits per heavy atom. The summed E-state index contributed by atoms with van der Waals surface area (Å²) in [6, 6.07) is 11.4. The minimum Gasteiger partial charge on any atom is -0.497 e. The fourth-order valence-electron chi connectivity index (χ4n) is 3.09. The maximum atomic E-state index is 13.6. The summed E-state index contributed by atoms with van der Waals surface area (Å²) in [5.74, 6) is -1.14. The fraction of sp³-hybridized carbons (Fsp3) is 0.143. The average Bonchev–Trinajstić information content (AvgIpc) is 3.13. The molecule has 158 valence electrons. The number of hydrogen-bond donors (Lipinski definition) is 1. The van der Waals surface area contributed by atoms with Crippen molar-refractivity contribution in [2.24, 2.45) is 0 Å². The van der Waals surface area contributed by atoms with Crippen molar-refractivity contribution in [3.8, 4) is 11.6 Å². The molecule has 0 saturated heterocycles. The lowest BCUT2D eigenvalue weighted by Gasteiger charge is -2.11. The number of ether oxygens (including phenoxy) is 1. The quantitative estimate of drug-likeness (QED) is 0.522. The van der Waals surface area contributed by atoms with Crippen LogP contribution in [0, 0.1) is 6.92 Å². The molecule has 2 aromatic carbocycles. The highest BCUT2D eigenvalue weighted by Crippen LogP contribution is 2.34. The number of imidazole rings is 1. The predicted octanol–water partition coefficient (Wildman–Crippen LogP) is 4.40. The van der Waals surface area contributed by atoms with Gasteiger partial charge in [0.2, 0.25) is 5.82 Å². The first-order chi connectivity index (χ1) is 14.8. The van der Waals surface area contributed by atoms with Gasteiger partial charge in [-0.15, -0.1) is 0 Å². The number of carbonyl (C=O) groups is 1. The van der Waals surface area contributed by atoms with E-state index in [0.29, 0.717) is 11.3 Å². The van der Waals surface area contributed by atoms with E-state index in [-0.39, 0.29) is 22.7 Å². The summed E-state index contributed by atoms with van der Waals surface area (Å²) in [7, 11) is 1.41. The van der Waals surface area contributed by atoms with Crippen LogP contribution in [-0.4, -0.2) is 32.5 Å². The third-order valence-corrected chi connectivity index (χ3v) is 4.50. The maximum absolute atomic E-state index is 13.6. The minimum absolute atomic E-state index is 0.0893. The molecule has 0 bridgehead atoms. The summed E-state index contributed by atoms with van der Waals surface area (Å²) < 4.78 is 46.7. The predicted molar refractivity (Wildman–Crippen MR) is 107 cm³/mol. The van der Waals surface area contributed by atoms with Crippen LogP contribution in [0.5, 0.6) is 5.75 Å². The fourth-order valence-corrected chi connectivity index (χ4v) is 3.09. The Hall–Kier alpha value is -3.95. The standard InChI is InChI=1S/C21H16F3N5O2/c1-12-4-3-5-13(8-12)19(30)28-17-10-26-18(11-25-17)29-16-7-6-14(31-2)9-15(16)27-20(29)21(22,23)24/h3-11H,1-2H3,(H,25,28,30). The van der Waals surface area contributed by atoms with E-state index in [1.165, 1.54) is 31.5 Å².